The van der Waals surface area contributed by atoms with Gasteiger partial charge in [-0.25, -0.2) is 4.39 Å². The van der Waals surface area contributed by atoms with Gasteiger partial charge in [-0.2, -0.15) is 0 Å². The van der Waals surface area contributed by atoms with E-state index in [0.717, 1.165) is 11.3 Å². The van der Waals surface area contributed by atoms with Gasteiger partial charge in [0.25, 0.3) is 0 Å². The molecule has 0 atom stereocenters. The highest BCUT2D eigenvalue weighted by Crippen LogP contribution is 2.24. The van der Waals surface area contributed by atoms with Crippen molar-refractivity contribution in [1.82, 2.24) is 15.2 Å². The van der Waals surface area contributed by atoms with Gasteiger partial charge in [0.15, 0.2) is 5.96 Å². The van der Waals surface area contributed by atoms with Crippen LogP contribution in [0.25, 0.3) is 0 Å². The summed E-state index contributed by atoms with van der Waals surface area (Å²) in [6.45, 7) is 1.26. The fourth-order valence-corrected chi connectivity index (χ4v) is 2.76. The van der Waals surface area contributed by atoms with Crippen LogP contribution in [0.5, 0.6) is 0 Å². The number of methoxy groups -OCH3 is 1. The zero-order chi connectivity index (χ0) is 18.4. The number of hydrogen-bond donors (Lipinski definition) is 2. The van der Waals surface area contributed by atoms with Crippen molar-refractivity contribution in [3.63, 3.8) is 0 Å². The molecule has 0 saturated carbocycles. The van der Waals surface area contributed by atoms with Crippen molar-refractivity contribution in [2.24, 2.45) is 12.0 Å². The molecule has 0 unspecified atom stereocenters. The molecule has 0 aliphatic rings. The van der Waals surface area contributed by atoms with Crippen LogP contribution in [0.2, 0.25) is 10.2 Å². The van der Waals surface area contributed by atoms with Crippen LogP contribution in [0.1, 0.15) is 16.8 Å². The monoisotopic (exact) mass is 386 g/mol. The zero-order valence-electron chi connectivity index (χ0n) is 14.4. The van der Waals surface area contributed by atoms with Crippen molar-refractivity contribution >= 4 is 29.2 Å². The van der Waals surface area contributed by atoms with Gasteiger partial charge in [-0.05, 0) is 23.8 Å². The summed E-state index contributed by atoms with van der Waals surface area (Å²) in [6.07, 6.45) is 0. The van der Waals surface area contributed by atoms with E-state index in [1.165, 1.54) is 13.2 Å². The van der Waals surface area contributed by atoms with E-state index in [-0.39, 0.29) is 12.4 Å². The SMILES string of the molecule is CN=C(NCc1ccc(F)c(COC)c1)NCc1cc(Cl)c(Cl)n1C. The van der Waals surface area contributed by atoms with Crippen LogP contribution in [0, 0.1) is 5.82 Å². The molecule has 5 nitrogen and oxygen atoms in total. The predicted molar refractivity (Wildman–Crippen MR) is 99.6 cm³/mol. The van der Waals surface area contributed by atoms with Crippen LogP contribution in [-0.4, -0.2) is 24.7 Å². The lowest BCUT2D eigenvalue weighted by Gasteiger charge is -2.13. The van der Waals surface area contributed by atoms with E-state index < -0.39 is 0 Å². The van der Waals surface area contributed by atoms with Gasteiger partial charge in [0.05, 0.1) is 18.2 Å². The molecule has 0 aliphatic carbocycles. The van der Waals surface area contributed by atoms with E-state index in [4.69, 9.17) is 27.9 Å². The largest absolute Gasteiger partial charge is 0.380 e. The van der Waals surface area contributed by atoms with E-state index in [2.05, 4.69) is 15.6 Å². The lowest BCUT2D eigenvalue weighted by molar-refractivity contribution is 0.181. The standard InChI is InChI=1S/C17H21Cl2FN4O/c1-21-17(23-9-13-7-14(18)16(19)24(13)2)22-8-11-4-5-15(20)12(6-11)10-25-3/h4-7H,8-10H2,1-3H3,(H2,21,22,23). The van der Waals surface area contributed by atoms with Gasteiger partial charge in [0, 0.05) is 39.0 Å². The molecule has 2 N–H and O–H groups in total. The number of aliphatic imine (C=N–C) groups is 1. The summed E-state index contributed by atoms with van der Waals surface area (Å²) >= 11 is 12.1. The lowest BCUT2D eigenvalue weighted by Crippen LogP contribution is -2.36. The molecule has 25 heavy (non-hydrogen) atoms. The first kappa shape index (κ1) is 19.6. The third kappa shape index (κ3) is 5.11. The first-order valence-corrected chi connectivity index (χ1v) is 8.42. The second-order valence-electron chi connectivity index (χ2n) is 5.47. The van der Waals surface area contributed by atoms with E-state index >= 15 is 0 Å². The smallest absolute Gasteiger partial charge is 0.191 e. The number of ether oxygens (including phenoxy) is 1. The van der Waals surface area contributed by atoms with Gasteiger partial charge in [-0.1, -0.05) is 29.3 Å². The summed E-state index contributed by atoms with van der Waals surface area (Å²) in [5, 5.41) is 7.39. The molecule has 2 aromatic rings. The number of hydrogen-bond acceptors (Lipinski definition) is 2. The van der Waals surface area contributed by atoms with Crippen LogP contribution in [0.15, 0.2) is 29.3 Å². The quantitative estimate of drug-likeness (QED) is 0.590. The molecule has 1 aromatic heterocycles. The molecule has 0 saturated heterocycles. The molecule has 0 aliphatic heterocycles. The predicted octanol–water partition coefficient (Wildman–Crippen LogP) is 3.48. The number of rotatable bonds is 6. The molecule has 0 bridgehead atoms. The van der Waals surface area contributed by atoms with Gasteiger partial charge in [0.1, 0.15) is 11.0 Å². The molecule has 0 amide bonds. The molecule has 136 valence electrons. The Balaban J connectivity index is 1.94. The Labute approximate surface area is 156 Å². The lowest BCUT2D eigenvalue weighted by atomic mass is 10.1. The van der Waals surface area contributed by atoms with Crippen LogP contribution >= 0.6 is 23.2 Å². The van der Waals surface area contributed by atoms with Crippen molar-refractivity contribution in [3.05, 3.63) is 57.1 Å². The highest BCUT2D eigenvalue weighted by molar-refractivity contribution is 6.41. The van der Waals surface area contributed by atoms with Crippen LogP contribution < -0.4 is 10.6 Å². The maximum absolute atomic E-state index is 13.6. The van der Waals surface area contributed by atoms with E-state index in [1.54, 1.807) is 29.8 Å². The summed E-state index contributed by atoms with van der Waals surface area (Å²) in [4.78, 5) is 4.17. The third-order valence-corrected chi connectivity index (χ3v) is 4.59. The summed E-state index contributed by atoms with van der Waals surface area (Å²) in [5.41, 5.74) is 2.39. The molecule has 0 fully saturated rings. The number of aromatic nitrogens is 1. The summed E-state index contributed by atoms with van der Waals surface area (Å²) in [6, 6.07) is 6.75. The maximum Gasteiger partial charge on any atom is 0.191 e. The second kappa shape index (κ2) is 9.08. The Hall–Kier alpha value is -1.76. The molecule has 2 rings (SSSR count). The van der Waals surface area contributed by atoms with E-state index in [1.807, 2.05) is 7.05 Å². The molecule has 0 spiro atoms. The third-order valence-electron chi connectivity index (χ3n) is 3.75. The van der Waals surface area contributed by atoms with Gasteiger partial charge in [0.2, 0.25) is 0 Å². The Kier molecular flexibility index (Phi) is 7.11. The number of nitrogens with zero attached hydrogens (tertiary/aromatic N) is 2. The average Bonchev–Trinajstić information content (AvgIpc) is 2.85. The van der Waals surface area contributed by atoms with Gasteiger partial charge in [-0.3, -0.25) is 4.99 Å². The van der Waals surface area contributed by atoms with Gasteiger partial charge >= 0.3 is 0 Å². The van der Waals surface area contributed by atoms with Crippen molar-refractivity contribution in [1.29, 1.82) is 0 Å². The average molecular weight is 387 g/mol. The van der Waals surface area contributed by atoms with Crippen molar-refractivity contribution in [2.45, 2.75) is 19.7 Å². The van der Waals surface area contributed by atoms with E-state index in [0.29, 0.717) is 34.8 Å². The fourth-order valence-electron chi connectivity index (χ4n) is 2.34. The number of nitrogens with one attached hydrogen (secondary N) is 2. The fraction of sp³-hybridized carbons (Fsp3) is 0.353. The first-order chi connectivity index (χ1) is 12.0. The highest BCUT2D eigenvalue weighted by atomic mass is 35.5. The first-order valence-electron chi connectivity index (χ1n) is 7.66. The molecule has 0 radical (unpaired) electrons. The second-order valence-corrected chi connectivity index (χ2v) is 6.24. The maximum atomic E-state index is 13.6. The van der Waals surface area contributed by atoms with Crippen LogP contribution in [-0.2, 0) is 31.5 Å². The molecule has 1 heterocycles. The van der Waals surface area contributed by atoms with Gasteiger partial charge < -0.3 is 19.9 Å². The molecular formula is C17H21Cl2FN4O. The normalized spacial score (nSPS) is 11.7. The topological polar surface area (TPSA) is 50.6 Å². The Morgan fingerprint density at radius 2 is 1.96 bits per heavy atom. The summed E-state index contributed by atoms with van der Waals surface area (Å²) < 4.78 is 20.4. The highest BCUT2D eigenvalue weighted by Gasteiger charge is 2.09. The Morgan fingerprint density at radius 1 is 1.24 bits per heavy atom. The van der Waals surface area contributed by atoms with Crippen molar-refractivity contribution in [3.8, 4) is 0 Å². The molecule has 1 aromatic carbocycles. The Bertz CT molecular complexity index is 761. The Morgan fingerprint density at radius 3 is 2.56 bits per heavy atom. The number of guanidine groups is 1. The van der Waals surface area contributed by atoms with E-state index in [9.17, 15) is 4.39 Å². The van der Waals surface area contributed by atoms with Crippen molar-refractivity contribution < 1.29 is 9.13 Å². The summed E-state index contributed by atoms with van der Waals surface area (Å²) in [5.74, 6) is 0.344. The van der Waals surface area contributed by atoms with Crippen molar-refractivity contribution in [2.75, 3.05) is 14.2 Å². The van der Waals surface area contributed by atoms with Crippen LogP contribution in [0.3, 0.4) is 0 Å². The minimum atomic E-state index is -0.273. The molecule has 8 heteroatoms. The number of halogens is 3. The van der Waals surface area contributed by atoms with Gasteiger partial charge in [-0.15, -0.1) is 0 Å². The minimum absolute atomic E-state index is 0.238. The van der Waals surface area contributed by atoms with Crippen LogP contribution in [0.4, 0.5) is 4.39 Å². The minimum Gasteiger partial charge on any atom is -0.380 e. The molecular weight excluding hydrogens is 366 g/mol. The summed E-state index contributed by atoms with van der Waals surface area (Å²) in [7, 11) is 5.07. The number of benzene rings is 1. The zero-order valence-corrected chi connectivity index (χ0v) is 15.9.